The van der Waals surface area contributed by atoms with Gasteiger partial charge >= 0.3 is 0 Å². The summed E-state index contributed by atoms with van der Waals surface area (Å²) >= 11 is 0. The van der Waals surface area contributed by atoms with Crippen LogP contribution >= 0.6 is 0 Å². The number of para-hydroxylation sites is 1. The number of hydrogen-bond acceptors (Lipinski definition) is 4. The number of nitrogens with one attached hydrogen (secondary N) is 1. The molecule has 1 N–H and O–H groups in total. The fourth-order valence-corrected chi connectivity index (χ4v) is 3.30. The minimum atomic E-state index is -0.238. The van der Waals surface area contributed by atoms with Crippen molar-refractivity contribution in [3.05, 3.63) is 35.0 Å². The summed E-state index contributed by atoms with van der Waals surface area (Å²) in [4.78, 5) is 16.8. The van der Waals surface area contributed by atoms with E-state index >= 15 is 0 Å². The molecule has 134 valence electrons. The standard InChI is InChI=1S/C20H26N2O3/c1-6-15-12(2)13(3)19(21-15)22-17(23)11-24-16-9-7-8-14-10-20(4,5)25-18(14)16/h7-9,13H,6,10-11H2,1-5H3,(H,21,22,23). The van der Waals surface area contributed by atoms with Gasteiger partial charge < -0.3 is 14.8 Å². The van der Waals surface area contributed by atoms with Gasteiger partial charge in [0.2, 0.25) is 0 Å². The number of allylic oxidation sites excluding steroid dienone is 1. The first-order valence-corrected chi connectivity index (χ1v) is 8.82. The largest absolute Gasteiger partial charge is 0.483 e. The highest BCUT2D eigenvalue weighted by Crippen LogP contribution is 2.41. The van der Waals surface area contributed by atoms with Gasteiger partial charge in [0, 0.05) is 23.6 Å². The minimum Gasteiger partial charge on any atom is -0.483 e. The number of nitrogens with zero attached hydrogens (tertiary/aromatic N) is 1. The topological polar surface area (TPSA) is 59.9 Å². The zero-order valence-electron chi connectivity index (χ0n) is 15.6. The number of amidine groups is 1. The first-order chi connectivity index (χ1) is 11.8. The third-order valence-corrected chi connectivity index (χ3v) is 4.79. The molecule has 3 rings (SSSR count). The highest BCUT2D eigenvalue weighted by molar-refractivity contribution is 6.02. The lowest BCUT2D eigenvalue weighted by Crippen LogP contribution is -2.37. The molecule has 1 amide bonds. The van der Waals surface area contributed by atoms with Crippen LogP contribution in [0.15, 0.2) is 34.5 Å². The molecule has 1 aromatic carbocycles. The second-order valence-corrected chi connectivity index (χ2v) is 7.32. The number of rotatable bonds is 4. The molecule has 1 atom stereocenters. The quantitative estimate of drug-likeness (QED) is 0.909. The molecule has 0 fully saturated rings. The Kier molecular flexibility index (Phi) is 4.58. The molecule has 25 heavy (non-hydrogen) atoms. The number of hydrogen-bond donors (Lipinski definition) is 1. The monoisotopic (exact) mass is 342 g/mol. The fraction of sp³-hybridized carbons (Fsp3) is 0.500. The summed E-state index contributed by atoms with van der Waals surface area (Å²) in [6.45, 7) is 10.2. The van der Waals surface area contributed by atoms with Crippen molar-refractivity contribution in [2.45, 2.75) is 53.1 Å². The van der Waals surface area contributed by atoms with Crippen LogP contribution in [0.25, 0.3) is 0 Å². The maximum absolute atomic E-state index is 12.3. The molecule has 0 radical (unpaired) electrons. The van der Waals surface area contributed by atoms with Crippen molar-refractivity contribution in [2.24, 2.45) is 10.9 Å². The number of carbonyl (C=O) groups is 1. The van der Waals surface area contributed by atoms with Crippen molar-refractivity contribution >= 4 is 11.7 Å². The normalized spacial score (nSPS) is 20.8. The van der Waals surface area contributed by atoms with Gasteiger partial charge in [-0.1, -0.05) is 26.0 Å². The van der Waals surface area contributed by atoms with Crippen molar-refractivity contribution in [1.82, 2.24) is 5.32 Å². The summed E-state index contributed by atoms with van der Waals surface area (Å²) in [7, 11) is 0. The maximum atomic E-state index is 12.3. The lowest BCUT2D eigenvalue weighted by molar-refractivity contribution is -0.121. The highest BCUT2D eigenvalue weighted by atomic mass is 16.5. The first-order valence-electron chi connectivity index (χ1n) is 8.82. The number of aliphatic imine (C=N–C) groups is 1. The van der Waals surface area contributed by atoms with Gasteiger partial charge in [0.15, 0.2) is 18.1 Å². The van der Waals surface area contributed by atoms with Gasteiger partial charge in [0.1, 0.15) is 11.4 Å². The molecule has 0 spiro atoms. The van der Waals surface area contributed by atoms with E-state index in [0.29, 0.717) is 11.6 Å². The molecule has 2 aliphatic heterocycles. The number of ether oxygens (including phenoxy) is 2. The van der Waals surface area contributed by atoms with Crippen molar-refractivity contribution in [1.29, 1.82) is 0 Å². The van der Waals surface area contributed by atoms with Crippen LogP contribution in [0.3, 0.4) is 0 Å². The molecule has 0 aliphatic carbocycles. The van der Waals surface area contributed by atoms with Crippen LogP contribution in [0, 0.1) is 5.92 Å². The van der Waals surface area contributed by atoms with Crippen LogP contribution < -0.4 is 14.8 Å². The van der Waals surface area contributed by atoms with E-state index in [9.17, 15) is 4.79 Å². The van der Waals surface area contributed by atoms with Crippen molar-refractivity contribution in [3.63, 3.8) is 0 Å². The molecular formula is C20H26N2O3. The third kappa shape index (κ3) is 3.55. The predicted molar refractivity (Wildman–Crippen MR) is 98.1 cm³/mol. The lowest BCUT2D eigenvalue weighted by atomic mass is 10.0. The molecule has 0 aromatic heterocycles. The Labute approximate surface area is 149 Å². The summed E-state index contributed by atoms with van der Waals surface area (Å²) < 4.78 is 11.7. The van der Waals surface area contributed by atoms with E-state index in [1.54, 1.807) is 0 Å². The molecule has 2 aliphatic rings. The van der Waals surface area contributed by atoms with Gasteiger partial charge in [-0.25, -0.2) is 4.99 Å². The molecule has 1 aromatic rings. The van der Waals surface area contributed by atoms with Crippen LogP contribution in [-0.4, -0.2) is 24.0 Å². The summed E-state index contributed by atoms with van der Waals surface area (Å²) in [6, 6.07) is 5.80. The Hall–Kier alpha value is -2.30. The Balaban J connectivity index is 1.61. The Morgan fingerprint density at radius 3 is 2.88 bits per heavy atom. The van der Waals surface area contributed by atoms with Gasteiger partial charge in [0.05, 0.1) is 0 Å². The van der Waals surface area contributed by atoms with E-state index < -0.39 is 0 Å². The van der Waals surface area contributed by atoms with E-state index in [0.717, 1.165) is 29.9 Å². The van der Waals surface area contributed by atoms with Crippen LogP contribution in [0.2, 0.25) is 0 Å². The number of amides is 1. The van der Waals surface area contributed by atoms with Crippen LogP contribution in [0.1, 0.15) is 46.6 Å². The van der Waals surface area contributed by atoms with Gasteiger partial charge in [-0.3, -0.25) is 4.79 Å². The van der Waals surface area contributed by atoms with E-state index in [2.05, 4.69) is 31.1 Å². The molecular weight excluding hydrogens is 316 g/mol. The van der Waals surface area contributed by atoms with E-state index in [1.165, 1.54) is 5.57 Å². The average Bonchev–Trinajstić information content (AvgIpc) is 3.02. The van der Waals surface area contributed by atoms with Crippen LogP contribution in [0.4, 0.5) is 0 Å². The number of benzene rings is 1. The van der Waals surface area contributed by atoms with Crippen molar-refractivity contribution < 1.29 is 14.3 Å². The zero-order chi connectivity index (χ0) is 18.2. The Morgan fingerprint density at radius 2 is 2.20 bits per heavy atom. The summed E-state index contributed by atoms with van der Waals surface area (Å²) in [5.41, 5.74) is 3.15. The summed E-state index contributed by atoms with van der Waals surface area (Å²) in [5.74, 6) is 2.01. The highest BCUT2D eigenvalue weighted by Gasteiger charge is 2.32. The van der Waals surface area contributed by atoms with Crippen LogP contribution in [-0.2, 0) is 11.2 Å². The molecule has 5 heteroatoms. The lowest BCUT2D eigenvalue weighted by Gasteiger charge is -2.18. The first kappa shape index (κ1) is 17.5. The molecule has 0 saturated carbocycles. The van der Waals surface area contributed by atoms with Gasteiger partial charge in [0.25, 0.3) is 5.91 Å². The third-order valence-electron chi connectivity index (χ3n) is 4.79. The maximum Gasteiger partial charge on any atom is 0.263 e. The molecule has 2 heterocycles. The fourth-order valence-electron chi connectivity index (χ4n) is 3.30. The molecule has 5 nitrogen and oxygen atoms in total. The van der Waals surface area contributed by atoms with Gasteiger partial charge in [-0.2, -0.15) is 0 Å². The van der Waals surface area contributed by atoms with E-state index in [1.807, 2.05) is 32.0 Å². The van der Waals surface area contributed by atoms with Gasteiger partial charge in [-0.05, 0) is 38.8 Å². The summed E-state index contributed by atoms with van der Waals surface area (Å²) in [5, 5.41) is 2.88. The van der Waals surface area contributed by atoms with Crippen LogP contribution in [0.5, 0.6) is 11.5 Å². The number of fused-ring (bicyclic) bond motifs is 1. The zero-order valence-corrected chi connectivity index (χ0v) is 15.6. The molecule has 0 bridgehead atoms. The second kappa shape index (κ2) is 6.54. The summed E-state index contributed by atoms with van der Waals surface area (Å²) in [6.07, 6.45) is 1.71. The molecule has 1 unspecified atom stereocenters. The molecule has 0 saturated heterocycles. The van der Waals surface area contributed by atoms with Gasteiger partial charge in [-0.15, -0.1) is 0 Å². The minimum absolute atomic E-state index is 0.0630. The van der Waals surface area contributed by atoms with Crippen molar-refractivity contribution in [2.75, 3.05) is 6.61 Å². The van der Waals surface area contributed by atoms with Crippen molar-refractivity contribution in [3.8, 4) is 11.5 Å². The predicted octanol–water partition coefficient (Wildman–Crippen LogP) is 3.63. The Bertz CT molecular complexity index is 762. The second-order valence-electron chi connectivity index (χ2n) is 7.32. The number of carbonyl (C=O) groups excluding carboxylic acids is 1. The Morgan fingerprint density at radius 1 is 1.44 bits per heavy atom. The SMILES string of the molecule is CCC1=C(C)C(C)C(NC(=O)COc2cccc3c2OC(C)(C)C3)=N1. The smallest absolute Gasteiger partial charge is 0.263 e. The van der Waals surface area contributed by atoms with E-state index in [-0.39, 0.29) is 24.0 Å². The average molecular weight is 342 g/mol. The van der Waals surface area contributed by atoms with E-state index in [4.69, 9.17) is 9.47 Å².